The maximum absolute atomic E-state index is 11.9. The van der Waals surface area contributed by atoms with E-state index in [1.54, 1.807) is 24.3 Å². The van der Waals surface area contributed by atoms with Gasteiger partial charge in [-0.15, -0.1) is 0 Å². The third-order valence-corrected chi connectivity index (χ3v) is 3.44. The van der Waals surface area contributed by atoms with E-state index in [1.165, 1.54) is 0 Å². The van der Waals surface area contributed by atoms with Gasteiger partial charge < -0.3 is 30.5 Å². The molecule has 0 saturated carbocycles. The Labute approximate surface area is 121 Å². The number of aliphatic hydroxyl groups excluding tert-OH is 4. The van der Waals surface area contributed by atoms with Crippen molar-refractivity contribution in [1.82, 2.24) is 0 Å². The van der Waals surface area contributed by atoms with Crippen LogP contribution in [0.2, 0.25) is 0 Å². The zero-order chi connectivity index (χ0) is 15.4. The van der Waals surface area contributed by atoms with Crippen LogP contribution in [0, 0.1) is 0 Å². The monoisotopic (exact) mass is 297 g/mol. The van der Waals surface area contributed by atoms with Crippen molar-refractivity contribution in [1.29, 1.82) is 0 Å². The largest absolute Gasteiger partial charge is 0.394 e. The number of ether oxygens (including phenoxy) is 1. The summed E-state index contributed by atoms with van der Waals surface area (Å²) in [5.74, 6) is -0.398. The maximum atomic E-state index is 11.9. The van der Waals surface area contributed by atoms with Gasteiger partial charge in [-0.1, -0.05) is 18.2 Å². The molecule has 1 heterocycles. The summed E-state index contributed by atoms with van der Waals surface area (Å²) in [5, 5.41) is 40.8. The molecule has 0 unspecified atom stereocenters. The smallest absolute Gasteiger partial charge is 0.227 e. The number of anilines is 1. The van der Waals surface area contributed by atoms with Crippen molar-refractivity contribution in [3.63, 3.8) is 0 Å². The quantitative estimate of drug-likeness (QED) is 0.479. The number of carbonyl (C=O) groups excluding carboxylic acids is 1. The van der Waals surface area contributed by atoms with Crippen LogP contribution in [0.1, 0.15) is 6.42 Å². The molecule has 0 aromatic heterocycles. The molecule has 7 nitrogen and oxygen atoms in total. The van der Waals surface area contributed by atoms with Gasteiger partial charge in [0, 0.05) is 5.69 Å². The Morgan fingerprint density at radius 3 is 2.29 bits per heavy atom. The predicted molar refractivity (Wildman–Crippen MR) is 73.5 cm³/mol. The van der Waals surface area contributed by atoms with Crippen LogP contribution in [0.25, 0.3) is 0 Å². The molecular formula is C14H19NO6. The second-order valence-electron chi connectivity index (χ2n) is 4.99. The second-order valence-corrected chi connectivity index (χ2v) is 4.99. The molecular weight excluding hydrogens is 278 g/mol. The standard InChI is InChI=1S/C14H19NO6/c16-7-10-13(19)14(20)12(18)9(21-10)6-11(17)15-8-4-2-1-3-5-8/h1-5,9-10,12-14,16,18-20H,6-7H2,(H,15,17)/t9-,10-,12-,13-,14-/m1/s1. The molecule has 1 aromatic rings. The SMILES string of the molecule is O=C(C[C@H]1O[C@H](CO)[C@@H](O)[C@H](O)[C@@H]1O)Nc1ccccc1. The first-order chi connectivity index (χ1) is 10.0. The lowest BCUT2D eigenvalue weighted by Crippen LogP contribution is -2.59. The van der Waals surface area contributed by atoms with E-state index in [2.05, 4.69) is 5.32 Å². The van der Waals surface area contributed by atoms with Crippen molar-refractivity contribution in [3.05, 3.63) is 30.3 Å². The summed E-state index contributed by atoms with van der Waals surface area (Å²) >= 11 is 0. The number of carbonyl (C=O) groups is 1. The van der Waals surface area contributed by atoms with E-state index in [4.69, 9.17) is 9.84 Å². The second kappa shape index (κ2) is 6.97. The van der Waals surface area contributed by atoms with Crippen molar-refractivity contribution in [2.75, 3.05) is 11.9 Å². The first-order valence-corrected chi connectivity index (χ1v) is 6.68. The number of benzene rings is 1. The number of rotatable bonds is 4. The van der Waals surface area contributed by atoms with Crippen molar-refractivity contribution in [3.8, 4) is 0 Å². The molecule has 1 aliphatic heterocycles. The van der Waals surface area contributed by atoms with Crippen LogP contribution in [-0.2, 0) is 9.53 Å². The van der Waals surface area contributed by atoms with Crippen molar-refractivity contribution < 1.29 is 30.0 Å². The van der Waals surface area contributed by atoms with Crippen LogP contribution >= 0.6 is 0 Å². The Balaban J connectivity index is 1.96. The van der Waals surface area contributed by atoms with E-state index >= 15 is 0 Å². The summed E-state index contributed by atoms with van der Waals surface area (Å²) in [6, 6.07) is 8.77. The first-order valence-electron chi connectivity index (χ1n) is 6.68. The summed E-state index contributed by atoms with van der Waals surface area (Å²) in [6.45, 7) is -0.512. The van der Waals surface area contributed by atoms with E-state index in [1.807, 2.05) is 6.07 Å². The van der Waals surface area contributed by atoms with Crippen molar-refractivity contribution in [2.45, 2.75) is 36.9 Å². The summed E-state index contributed by atoms with van der Waals surface area (Å²) in [4.78, 5) is 11.9. The molecule has 5 N–H and O–H groups in total. The van der Waals surface area contributed by atoms with Gasteiger partial charge in [0.25, 0.3) is 0 Å². The highest BCUT2D eigenvalue weighted by Gasteiger charge is 2.43. The minimum Gasteiger partial charge on any atom is -0.394 e. The van der Waals surface area contributed by atoms with Crippen molar-refractivity contribution in [2.24, 2.45) is 0 Å². The molecule has 0 radical (unpaired) electrons. The minimum absolute atomic E-state index is 0.198. The molecule has 0 aliphatic carbocycles. The van der Waals surface area contributed by atoms with E-state index in [0.29, 0.717) is 5.69 Å². The molecule has 2 rings (SSSR count). The number of hydrogen-bond acceptors (Lipinski definition) is 6. The maximum Gasteiger partial charge on any atom is 0.227 e. The predicted octanol–water partition coefficient (Wildman–Crippen LogP) is -1.14. The van der Waals surface area contributed by atoms with Crippen LogP contribution in [0.15, 0.2) is 30.3 Å². The highest BCUT2D eigenvalue weighted by molar-refractivity contribution is 5.91. The Morgan fingerprint density at radius 1 is 1.05 bits per heavy atom. The van der Waals surface area contributed by atoms with E-state index in [-0.39, 0.29) is 6.42 Å². The zero-order valence-corrected chi connectivity index (χ0v) is 11.3. The summed E-state index contributed by atoms with van der Waals surface area (Å²) < 4.78 is 5.27. The minimum atomic E-state index is -1.47. The molecule has 116 valence electrons. The first kappa shape index (κ1) is 15.9. The zero-order valence-electron chi connectivity index (χ0n) is 11.3. The molecule has 21 heavy (non-hydrogen) atoms. The molecule has 5 atom stereocenters. The molecule has 1 amide bonds. The molecule has 1 aromatic carbocycles. The van der Waals surface area contributed by atoms with Gasteiger partial charge in [-0.25, -0.2) is 0 Å². The summed E-state index contributed by atoms with van der Waals surface area (Å²) in [7, 11) is 0. The lowest BCUT2D eigenvalue weighted by molar-refractivity contribution is -0.229. The number of amides is 1. The molecule has 0 bridgehead atoms. The molecule has 1 fully saturated rings. The average molecular weight is 297 g/mol. The van der Waals surface area contributed by atoms with Gasteiger partial charge in [-0.2, -0.15) is 0 Å². The fourth-order valence-electron chi connectivity index (χ4n) is 2.26. The topological polar surface area (TPSA) is 119 Å². The summed E-state index contributed by atoms with van der Waals surface area (Å²) in [6.07, 6.45) is -6.48. The normalized spacial score (nSPS) is 32.7. The highest BCUT2D eigenvalue weighted by Crippen LogP contribution is 2.23. The third kappa shape index (κ3) is 3.78. The third-order valence-electron chi connectivity index (χ3n) is 3.44. The van der Waals surface area contributed by atoms with Gasteiger partial charge in [0.05, 0.1) is 19.1 Å². The molecule has 0 spiro atoms. The van der Waals surface area contributed by atoms with E-state index < -0.39 is 43.0 Å². The van der Waals surface area contributed by atoms with Gasteiger partial charge in [-0.3, -0.25) is 4.79 Å². The van der Waals surface area contributed by atoms with Crippen LogP contribution in [0.5, 0.6) is 0 Å². The molecule has 1 aliphatic rings. The Morgan fingerprint density at radius 2 is 1.67 bits per heavy atom. The van der Waals surface area contributed by atoms with Crippen molar-refractivity contribution >= 4 is 11.6 Å². The Hall–Kier alpha value is -1.51. The fraction of sp³-hybridized carbons (Fsp3) is 0.500. The van der Waals surface area contributed by atoms with Crippen LogP contribution in [0.4, 0.5) is 5.69 Å². The summed E-state index contributed by atoms with van der Waals surface area (Å²) in [5.41, 5.74) is 0.604. The molecule has 7 heteroatoms. The highest BCUT2D eigenvalue weighted by atomic mass is 16.5. The van der Waals surface area contributed by atoms with Crippen LogP contribution in [-0.4, -0.2) is 63.5 Å². The lowest BCUT2D eigenvalue weighted by Gasteiger charge is -2.39. The fourth-order valence-corrected chi connectivity index (χ4v) is 2.26. The van der Waals surface area contributed by atoms with Crippen LogP contribution in [0.3, 0.4) is 0 Å². The van der Waals surface area contributed by atoms with Crippen LogP contribution < -0.4 is 5.32 Å². The van der Waals surface area contributed by atoms with E-state index in [0.717, 1.165) is 0 Å². The van der Waals surface area contributed by atoms with Gasteiger partial charge >= 0.3 is 0 Å². The van der Waals surface area contributed by atoms with E-state index in [9.17, 15) is 20.1 Å². The molecule has 1 saturated heterocycles. The Bertz CT molecular complexity index is 466. The number of para-hydroxylation sites is 1. The number of nitrogens with one attached hydrogen (secondary N) is 1. The lowest BCUT2D eigenvalue weighted by atomic mass is 9.93. The number of aliphatic hydroxyl groups is 4. The Kier molecular flexibility index (Phi) is 5.27. The van der Waals surface area contributed by atoms with Gasteiger partial charge in [0.15, 0.2) is 0 Å². The number of hydrogen-bond donors (Lipinski definition) is 5. The van der Waals surface area contributed by atoms with Gasteiger partial charge in [0.2, 0.25) is 5.91 Å². The average Bonchev–Trinajstić information content (AvgIpc) is 2.49. The van der Waals surface area contributed by atoms with Gasteiger partial charge in [-0.05, 0) is 12.1 Å². The van der Waals surface area contributed by atoms with Gasteiger partial charge in [0.1, 0.15) is 24.4 Å².